The number of hydrogen-bond acceptors (Lipinski definition) is 5. The standard InChI is InChI=1S/C10H16N2O4S/c1-16-7-8(6-13)12-9-4-2-3-5-10(9)17(11,14)15/h2-5,8,12-13H,6-7H2,1H3,(H2,11,14,15). The number of rotatable bonds is 6. The van der Waals surface area contributed by atoms with Gasteiger partial charge in [0.15, 0.2) is 0 Å². The Morgan fingerprint density at radius 2 is 2.12 bits per heavy atom. The molecule has 1 aromatic rings. The Kier molecular flexibility index (Phi) is 4.88. The SMILES string of the molecule is COCC(CO)Nc1ccccc1S(N)(=O)=O. The van der Waals surface area contributed by atoms with Gasteiger partial charge in [0, 0.05) is 7.11 Å². The smallest absolute Gasteiger partial charge is 0.240 e. The molecular weight excluding hydrogens is 244 g/mol. The molecule has 0 spiro atoms. The number of primary sulfonamides is 1. The topological polar surface area (TPSA) is 102 Å². The molecule has 6 nitrogen and oxygen atoms in total. The molecule has 4 N–H and O–H groups in total. The Labute approximate surface area is 100 Å². The second-order valence-corrected chi connectivity index (χ2v) is 5.05. The number of anilines is 1. The quantitative estimate of drug-likeness (QED) is 0.655. The molecule has 1 atom stereocenters. The summed E-state index contributed by atoms with van der Waals surface area (Å²) in [4.78, 5) is -0.00504. The number of benzene rings is 1. The number of nitrogens with two attached hydrogens (primary N) is 1. The molecule has 0 aliphatic rings. The van der Waals surface area contributed by atoms with Crippen molar-refractivity contribution in [1.82, 2.24) is 0 Å². The van der Waals surface area contributed by atoms with Gasteiger partial charge in [0.1, 0.15) is 4.90 Å². The lowest BCUT2D eigenvalue weighted by atomic mass is 10.2. The summed E-state index contributed by atoms with van der Waals surface area (Å²) in [6.45, 7) is 0.0856. The van der Waals surface area contributed by atoms with E-state index in [1.807, 2.05) is 0 Å². The maximum Gasteiger partial charge on any atom is 0.240 e. The van der Waals surface area contributed by atoms with E-state index in [-0.39, 0.29) is 24.2 Å². The van der Waals surface area contributed by atoms with E-state index in [1.54, 1.807) is 18.2 Å². The summed E-state index contributed by atoms with van der Waals surface area (Å²) in [5.74, 6) is 0. The van der Waals surface area contributed by atoms with Crippen molar-refractivity contribution in [2.45, 2.75) is 10.9 Å². The lowest BCUT2D eigenvalue weighted by Crippen LogP contribution is -2.29. The van der Waals surface area contributed by atoms with Crippen LogP contribution in [-0.4, -0.2) is 39.9 Å². The van der Waals surface area contributed by atoms with Crippen molar-refractivity contribution in [2.75, 3.05) is 25.6 Å². The molecule has 0 bridgehead atoms. The van der Waals surface area contributed by atoms with E-state index in [4.69, 9.17) is 15.0 Å². The average molecular weight is 260 g/mol. The van der Waals surface area contributed by atoms with Crippen LogP contribution in [0.4, 0.5) is 5.69 Å². The Morgan fingerprint density at radius 3 is 2.65 bits per heavy atom. The minimum Gasteiger partial charge on any atom is -0.394 e. The van der Waals surface area contributed by atoms with Crippen LogP contribution in [0, 0.1) is 0 Å². The van der Waals surface area contributed by atoms with Crippen LogP contribution in [-0.2, 0) is 14.8 Å². The molecule has 1 rings (SSSR count). The molecule has 0 fully saturated rings. The van der Waals surface area contributed by atoms with Crippen molar-refractivity contribution in [1.29, 1.82) is 0 Å². The summed E-state index contributed by atoms with van der Waals surface area (Å²) in [5, 5.41) is 17.0. The third-order valence-corrected chi connectivity index (χ3v) is 3.11. The van der Waals surface area contributed by atoms with Crippen LogP contribution in [0.15, 0.2) is 29.2 Å². The largest absolute Gasteiger partial charge is 0.394 e. The van der Waals surface area contributed by atoms with Gasteiger partial charge in [-0.05, 0) is 12.1 Å². The second kappa shape index (κ2) is 5.97. The van der Waals surface area contributed by atoms with Gasteiger partial charge in [-0.3, -0.25) is 0 Å². The van der Waals surface area contributed by atoms with E-state index in [0.29, 0.717) is 5.69 Å². The lowest BCUT2D eigenvalue weighted by molar-refractivity contribution is 0.153. The number of aliphatic hydroxyl groups is 1. The van der Waals surface area contributed by atoms with Crippen LogP contribution in [0.5, 0.6) is 0 Å². The first-order valence-electron chi connectivity index (χ1n) is 4.97. The normalized spacial score (nSPS) is 13.4. The Morgan fingerprint density at radius 1 is 1.47 bits per heavy atom. The Bertz CT molecular complexity index is 461. The first-order valence-corrected chi connectivity index (χ1v) is 6.52. The maximum absolute atomic E-state index is 11.3. The molecule has 0 heterocycles. The zero-order valence-electron chi connectivity index (χ0n) is 9.46. The molecule has 0 saturated carbocycles. The number of sulfonamides is 1. The summed E-state index contributed by atoms with van der Waals surface area (Å²) in [6.07, 6.45) is 0. The van der Waals surface area contributed by atoms with Crippen LogP contribution in [0.1, 0.15) is 0 Å². The fourth-order valence-electron chi connectivity index (χ4n) is 1.40. The first kappa shape index (κ1) is 13.9. The molecule has 0 radical (unpaired) electrons. The highest BCUT2D eigenvalue weighted by Crippen LogP contribution is 2.19. The Balaban J connectivity index is 2.98. The summed E-state index contributed by atoms with van der Waals surface area (Å²) < 4.78 is 27.5. The third-order valence-electron chi connectivity index (χ3n) is 2.14. The van der Waals surface area contributed by atoms with Crippen molar-refractivity contribution in [3.8, 4) is 0 Å². The van der Waals surface area contributed by atoms with Gasteiger partial charge in [-0.25, -0.2) is 13.6 Å². The predicted molar refractivity (Wildman–Crippen MR) is 64.2 cm³/mol. The van der Waals surface area contributed by atoms with Crippen molar-refractivity contribution >= 4 is 15.7 Å². The highest BCUT2D eigenvalue weighted by molar-refractivity contribution is 7.89. The highest BCUT2D eigenvalue weighted by atomic mass is 32.2. The van der Waals surface area contributed by atoms with Gasteiger partial charge in [-0.15, -0.1) is 0 Å². The molecule has 1 unspecified atom stereocenters. The number of para-hydroxylation sites is 1. The van der Waals surface area contributed by atoms with Crippen molar-refractivity contribution in [3.05, 3.63) is 24.3 Å². The first-order chi connectivity index (χ1) is 7.99. The molecular formula is C10H16N2O4S. The van der Waals surface area contributed by atoms with Crippen LogP contribution in [0.3, 0.4) is 0 Å². The molecule has 0 aromatic heterocycles. The maximum atomic E-state index is 11.3. The fourth-order valence-corrected chi connectivity index (χ4v) is 2.10. The molecule has 0 aliphatic heterocycles. The van der Waals surface area contributed by atoms with Crippen molar-refractivity contribution < 1.29 is 18.3 Å². The van der Waals surface area contributed by atoms with E-state index in [2.05, 4.69) is 5.32 Å². The van der Waals surface area contributed by atoms with Crippen molar-refractivity contribution in [3.63, 3.8) is 0 Å². The zero-order valence-corrected chi connectivity index (χ0v) is 10.3. The summed E-state index contributed by atoms with van der Waals surface area (Å²) >= 11 is 0. The summed E-state index contributed by atoms with van der Waals surface area (Å²) in [5.41, 5.74) is 0.353. The Hall–Kier alpha value is -1.15. The fraction of sp³-hybridized carbons (Fsp3) is 0.400. The van der Waals surface area contributed by atoms with E-state index >= 15 is 0 Å². The number of methoxy groups -OCH3 is 1. The van der Waals surface area contributed by atoms with E-state index in [9.17, 15) is 8.42 Å². The minimum absolute atomic E-state index is 0.00504. The molecule has 7 heteroatoms. The van der Waals surface area contributed by atoms with Gasteiger partial charge < -0.3 is 15.2 Å². The molecule has 0 amide bonds. The zero-order chi connectivity index (χ0) is 12.9. The molecule has 17 heavy (non-hydrogen) atoms. The molecule has 0 aliphatic carbocycles. The number of nitrogens with one attached hydrogen (secondary N) is 1. The molecule has 1 aromatic carbocycles. The van der Waals surface area contributed by atoms with Crippen LogP contribution in [0.2, 0.25) is 0 Å². The minimum atomic E-state index is -3.79. The second-order valence-electron chi connectivity index (χ2n) is 3.52. The number of hydrogen-bond donors (Lipinski definition) is 3. The van der Waals surface area contributed by atoms with Gasteiger partial charge in [-0.2, -0.15) is 0 Å². The van der Waals surface area contributed by atoms with Gasteiger partial charge >= 0.3 is 0 Å². The van der Waals surface area contributed by atoms with Crippen LogP contribution >= 0.6 is 0 Å². The summed E-state index contributed by atoms with van der Waals surface area (Å²) in [6, 6.07) is 5.85. The van der Waals surface area contributed by atoms with Gasteiger partial charge in [0.25, 0.3) is 0 Å². The van der Waals surface area contributed by atoms with Gasteiger partial charge in [0.2, 0.25) is 10.0 Å². The monoisotopic (exact) mass is 260 g/mol. The van der Waals surface area contributed by atoms with Crippen molar-refractivity contribution in [2.24, 2.45) is 5.14 Å². The number of aliphatic hydroxyl groups excluding tert-OH is 1. The lowest BCUT2D eigenvalue weighted by Gasteiger charge is -2.18. The van der Waals surface area contributed by atoms with E-state index in [1.165, 1.54) is 13.2 Å². The van der Waals surface area contributed by atoms with Crippen LogP contribution < -0.4 is 10.5 Å². The molecule has 96 valence electrons. The van der Waals surface area contributed by atoms with E-state index in [0.717, 1.165) is 0 Å². The number of ether oxygens (including phenoxy) is 1. The predicted octanol–water partition coefficient (Wildman–Crippen LogP) is -0.247. The highest BCUT2D eigenvalue weighted by Gasteiger charge is 2.15. The van der Waals surface area contributed by atoms with E-state index < -0.39 is 10.0 Å². The summed E-state index contributed by atoms with van der Waals surface area (Å²) in [7, 11) is -2.29. The average Bonchev–Trinajstić information content (AvgIpc) is 2.27. The van der Waals surface area contributed by atoms with Crippen LogP contribution in [0.25, 0.3) is 0 Å². The van der Waals surface area contributed by atoms with Gasteiger partial charge in [0.05, 0.1) is 24.9 Å². The third kappa shape index (κ3) is 3.97. The molecule has 0 saturated heterocycles. The van der Waals surface area contributed by atoms with Gasteiger partial charge in [-0.1, -0.05) is 12.1 Å².